The molecular weight excluding hydrogens is 378 g/mol. The molecule has 2 aromatic carbocycles. The lowest BCUT2D eigenvalue weighted by atomic mass is 10.2. The quantitative estimate of drug-likeness (QED) is 0.495. The van der Waals surface area contributed by atoms with E-state index in [0.717, 1.165) is 16.3 Å². The molecule has 0 unspecified atom stereocenters. The zero-order valence-electron chi connectivity index (χ0n) is 14.1. The van der Waals surface area contributed by atoms with E-state index in [4.69, 9.17) is 0 Å². The zero-order chi connectivity index (χ0) is 18.5. The highest BCUT2D eigenvalue weighted by atomic mass is 32.2. The average molecular weight is 393 g/mol. The summed E-state index contributed by atoms with van der Waals surface area (Å²) >= 11 is 3.38. The Labute approximate surface area is 164 Å². The summed E-state index contributed by atoms with van der Waals surface area (Å²) in [5.41, 5.74) is 2.12. The average Bonchev–Trinajstić information content (AvgIpc) is 3.41. The molecule has 1 N–H and O–H groups in total. The van der Waals surface area contributed by atoms with Gasteiger partial charge in [0, 0.05) is 21.2 Å². The van der Waals surface area contributed by atoms with Crippen LogP contribution in [0.1, 0.15) is 15.2 Å². The first-order chi connectivity index (χ1) is 13.3. The number of rotatable bonds is 6. The van der Waals surface area contributed by atoms with Gasteiger partial charge >= 0.3 is 0 Å². The van der Waals surface area contributed by atoms with E-state index < -0.39 is 0 Å². The Kier molecular flexibility index (Phi) is 5.27. The summed E-state index contributed by atoms with van der Waals surface area (Å²) in [6, 6.07) is 19.2. The minimum atomic E-state index is -0.141. The highest BCUT2D eigenvalue weighted by molar-refractivity contribution is 7.98. The smallest absolute Gasteiger partial charge is 0.256 e. The minimum absolute atomic E-state index is 0.141. The predicted octanol–water partition coefficient (Wildman–Crippen LogP) is 4.27. The van der Waals surface area contributed by atoms with Crippen molar-refractivity contribution in [1.29, 1.82) is 0 Å². The third kappa shape index (κ3) is 4.24. The number of benzene rings is 2. The van der Waals surface area contributed by atoms with Crippen molar-refractivity contribution in [2.45, 2.75) is 10.6 Å². The first kappa shape index (κ1) is 17.4. The summed E-state index contributed by atoms with van der Waals surface area (Å²) in [6.07, 6.45) is 1.51. The van der Waals surface area contributed by atoms with E-state index in [9.17, 15) is 4.79 Å². The molecule has 27 heavy (non-hydrogen) atoms. The molecule has 0 fully saturated rings. The van der Waals surface area contributed by atoms with Crippen LogP contribution in [0, 0.1) is 0 Å². The number of amides is 1. The number of anilines is 1. The van der Waals surface area contributed by atoms with Crippen molar-refractivity contribution >= 4 is 34.7 Å². The number of hydrogen-bond acceptors (Lipinski definition) is 6. The first-order valence-electron chi connectivity index (χ1n) is 8.18. The van der Waals surface area contributed by atoms with Crippen LogP contribution in [0.3, 0.4) is 0 Å². The SMILES string of the molecule is O=C(Nc1cccc(-n2cnnn2)c1)c1ccccc1SCc1cccs1. The number of thiophene rings is 1. The lowest BCUT2D eigenvalue weighted by Gasteiger charge is -2.10. The molecule has 134 valence electrons. The molecule has 4 rings (SSSR count). The number of carbonyl (C=O) groups excluding carboxylic acids is 1. The summed E-state index contributed by atoms with van der Waals surface area (Å²) < 4.78 is 1.54. The molecule has 4 aromatic rings. The summed E-state index contributed by atoms with van der Waals surface area (Å²) in [6.45, 7) is 0. The van der Waals surface area contributed by atoms with Gasteiger partial charge in [0.1, 0.15) is 6.33 Å². The number of carbonyl (C=O) groups is 1. The van der Waals surface area contributed by atoms with Crippen LogP contribution < -0.4 is 5.32 Å². The molecule has 1 amide bonds. The summed E-state index contributed by atoms with van der Waals surface area (Å²) in [5, 5.41) is 16.2. The standard InChI is InChI=1S/C19H15N5OS2/c25-19(21-14-5-3-6-15(11-14)24-13-20-22-23-24)17-8-1-2-9-18(17)27-12-16-7-4-10-26-16/h1-11,13H,12H2,(H,21,25). The van der Waals surface area contributed by atoms with Gasteiger partial charge in [-0.2, -0.15) is 0 Å². The van der Waals surface area contributed by atoms with Crippen LogP contribution in [0.4, 0.5) is 5.69 Å². The fourth-order valence-corrected chi connectivity index (χ4v) is 4.35. The Balaban J connectivity index is 1.51. The van der Waals surface area contributed by atoms with E-state index in [0.29, 0.717) is 11.3 Å². The lowest BCUT2D eigenvalue weighted by molar-refractivity contribution is 0.102. The number of thioether (sulfide) groups is 1. The van der Waals surface area contributed by atoms with Crippen LogP contribution >= 0.6 is 23.1 Å². The van der Waals surface area contributed by atoms with Crippen LogP contribution in [-0.2, 0) is 5.75 Å². The van der Waals surface area contributed by atoms with E-state index in [2.05, 4.69) is 32.3 Å². The molecule has 0 bridgehead atoms. The fraction of sp³-hybridized carbons (Fsp3) is 0.0526. The maximum absolute atomic E-state index is 12.8. The Morgan fingerprint density at radius 3 is 2.85 bits per heavy atom. The van der Waals surface area contributed by atoms with Gasteiger partial charge in [0.25, 0.3) is 5.91 Å². The molecule has 2 heterocycles. The van der Waals surface area contributed by atoms with E-state index >= 15 is 0 Å². The molecule has 0 aliphatic rings. The van der Waals surface area contributed by atoms with Crippen LogP contribution in [-0.4, -0.2) is 26.1 Å². The van der Waals surface area contributed by atoms with Crippen LogP contribution in [0.2, 0.25) is 0 Å². The van der Waals surface area contributed by atoms with Crippen molar-refractivity contribution in [2.75, 3.05) is 5.32 Å². The number of nitrogens with zero attached hydrogens (tertiary/aromatic N) is 4. The maximum Gasteiger partial charge on any atom is 0.256 e. The maximum atomic E-state index is 12.8. The molecule has 0 atom stereocenters. The summed E-state index contributed by atoms with van der Waals surface area (Å²) in [4.78, 5) is 15.1. The number of hydrogen-bond donors (Lipinski definition) is 1. The van der Waals surface area contributed by atoms with Crippen LogP contribution in [0.25, 0.3) is 5.69 Å². The molecule has 0 saturated heterocycles. The summed E-state index contributed by atoms with van der Waals surface area (Å²) in [7, 11) is 0. The zero-order valence-corrected chi connectivity index (χ0v) is 15.8. The van der Waals surface area contributed by atoms with Gasteiger partial charge < -0.3 is 5.32 Å². The van der Waals surface area contributed by atoms with Crippen LogP contribution in [0.15, 0.2) is 77.3 Å². The van der Waals surface area contributed by atoms with Gasteiger partial charge in [0.2, 0.25) is 0 Å². The predicted molar refractivity (Wildman–Crippen MR) is 107 cm³/mol. The molecule has 0 aliphatic carbocycles. The Hall–Kier alpha value is -2.97. The molecule has 0 aliphatic heterocycles. The lowest BCUT2D eigenvalue weighted by Crippen LogP contribution is -2.13. The van der Waals surface area contributed by atoms with Gasteiger partial charge in [-0.25, -0.2) is 4.68 Å². The second kappa shape index (κ2) is 8.15. The van der Waals surface area contributed by atoms with Gasteiger partial charge in [-0.05, 0) is 52.2 Å². The highest BCUT2D eigenvalue weighted by Gasteiger charge is 2.12. The third-order valence-electron chi connectivity index (χ3n) is 3.80. The topological polar surface area (TPSA) is 72.7 Å². The molecular formula is C19H15N5OS2. The Morgan fingerprint density at radius 1 is 1.11 bits per heavy atom. The molecule has 8 heteroatoms. The molecule has 0 radical (unpaired) electrons. The number of aromatic nitrogens is 4. The van der Waals surface area contributed by atoms with Crippen molar-refractivity contribution in [1.82, 2.24) is 20.2 Å². The van der Waals surface area contributed by atoms with Gasteiger partial charge in [-0.3, -0.25) is 4.79 Å². The monoisotopic (exact) mass is 393 g/mol. The second-order valence-electron chi connectivity index (χ2n) is 5.62. The second-order valence-corrected chi connectivity index (χ2v) is 7.67. The van der Waals surface area contributed by atoms with Crippen molar-refractivity contribution in [3.63, 3.8) is 0 Å². The van der Waals surface area contributed by atoms with Crippen molar-refractivity contribution < 1.29 is 4.79 Å². The largest absolute Gasteiger partial charge is 0.322 e. The van der Waals surface area contributed by atoms with Gasteiger partial charge in [0.15, 0.2) is 0 Å². The van der Waals surface area contributed by atoms with E-state index in [1.807, 2.05) is 54.6 Å². The van der Waals surface area contributed by atoms with E-state index in [-0.39, 0.29) is 5.91 Å². The molecule has 6 nitrogen and oxygen atoms in total. The van der Waals surface area contributed by atoms with Crippen molar-refractivity contribution in [2.24, 2.45) is 0 Å². The van der Waals surface area contributed by atoms with E-state index in [1.165, 1.54) is 11.2 Å². The first-order valence-corrected chi connectivity index (χ1v) is 10.0. The highest BCUT2D eigenvalue weighted by Crippen LogP contribution is 2.28. The van der Waals surface area contributed by atoms with Crippen molar-refractivity contribution in [3.05, 3.63) is 82.8 Å². The van der Waals surface area contributed by atoms with Gasteiger partial charge in [-0.15, -0.1) is 28.2 Å². The minimum Gasteiger partial charge on any atom is -0.322 e. The molecule has 0 saturated carbocycles. The number of nitrogens with one attached hydrogen (secondary N) is 1. The third-order valence-corrected chi connectivity index (χ3v) is 5.98. The molecule has 0 spiro atoms. The van der Waals surface area contributed by atoms with Gasteiger partial charge in [0.05, 0.1) is 11.3 Å². The van der Waals surface area contributed by atoms with Crippen LogP contribution in [0.5, 0.6) is 0 Å². The molecule has 2 aromatic heterocycles. The number of tetrazole rings is 1. The van der Waals surface area contributed by atoms with Crippen molar-refractivity contribution in [3.8, 4) is 5.69 Å². The normalized spacial score (nSPS) is 10.7. The summed E-state index contributed by atoms with van der Waals surface area (Å²) in [5.74, 6) is 0.703. The van der Waals surface area contributed by atoms with Gasteiger partial charge in [-0.1, -0.05) is 24.3 Å². The fourth-order valence-electron chi connectivity index (χ4n) is 2.53. The Morgan fingerprint density at radius 2 is 2.04 bits per heavy atom. The Bertz CT molecular complexity index is 1030. The van der Waals surface area contributed by atoms with E-state index in [1.54, 1.807) is 27.8 Å².